The Labute approximate surface area is 304 Å². The van der Waals surface area contributed by atoms with Crippen molar-refractivity contribution in [2.75, 3.05) is 12.4 Å². The summed E-state index contributed by atoms with van der Waals surface area (Å²) < 4.78 is 49.7. The van der Waals surface area contributed by atoms with Crippen LogP contribution in [0.25, 0.3) is 16.9 Å². The minimum absolute atomic E-state index is 0.00864. The predicted molar refractivity (Wildman–Crippen MR) is 190 cm³/mol. The molecule has 0 saturated heterocycles. The van der Waals surface area contributed by atoms with Gasteiger partial charge in [0.15, 0.2) is 0 Å². The molecule has 1 aliphatic heterocycles. The number of halogens is 4. The van der Waals surface area contributed by atoms with Crippen LogP contribution in [0.4, 0.5) is 19.0 Å². The summed E-state index contributed by atoms with van der Waals surface area (Å²) in [5, 5.41) is 5.95. The molecule has 3 heterocycles. The Kier molecular flexibility index (Phi) is 9.38. The molecule has 0 unspecified atom stereocenters. The molecule has 52 heavy (non-hydrogen) atoms. The van der Waals surface area contributed by atoms with Gasteiger partial charge in [0.05, 0.1) is 35.3 Å². The Morgan fingerprint density at radius 1 is 1.02 bits per heavy atom. The fourth-order valence-corrected chi connectivity index (χ4v) is 6.75. The molecule has 1 fully saturated rings. The van der Waals surface area contributed by atoms with Gasteiger partial charge in [0.1, 0.15) is 23.6 Å². The third-order valence-corrected chi connectivity index (χ3v) is 9.81. The van der Waals surface area contributed by atoms with Gasteiger partial charge < -0.3 is 20.3 Å². The lowest BCUT2D eigenvalue weighted by molar-refractivity contribution is -0.138. The number of anilines is 1. The number of hydrogen-bond donors (Lipinski definition) is 2. The second-order valence-corrected chi connectivity index (χ2v) is 13.5. The molecule has 1 aliphatic carbocycles. The van der Waals surface area contributed by atoms with Crippen LogP contribution in [0, 0.1) is 0 Å². The first-order valence-corrected chi connectivity index (χ1v) is 17.4. The summed E-state index contributed by atoms with van der Waals surface area (Å²) in [5.41, 5.74) is 1.19. The Balaban J connectivity index is 1.25. The summed E-state index contributed by atoms with van der Waals surface area (Å²) in [6.07, 6.45) is -1.14. The number of nitrogens with one attached hydrogen (secondary N) is 2. The first-order chi connectivity index (χ1) is 24.9. The van der Waals surface area contributed by atoms with Crippen LogP contribution in [0.2, 0.25) is 0 Å². The molecule has 0 bridgehead atoms. The van der Waals surface area contributed by atoms with Gasteiger partial charge in [-0.2, -0.15) is 13.2 Å². The maximum Gasteiger partial charge on any atom is 0.417 e. The van der Waals surface area contributed by atoms with E-state index in [9.17, 15) is 27.6 Å². The van der Waals surface area contributed by atoms with Crippen LogP contribution in [-0.2, 0) is 25.8 Å². The summed E-state index contributed by atoms with van der Waals surface area (Å²) in [5.74, 6) is 0.00945. The largest absolute Gasteiger partial charge is 0.490 e. The van der Waals surface area contributed by atoms with E-state index in [0.717, 1.165) is 30.0 Å². The van der Waals surface area contributed by atoms with E-state index < -0.39 is 35.3 Å². The third-order valence-electron chi connectivity index (χ3n) is 9.12. The fourth-order valence-electron chi connectivity index (χ4n) is 6.28. The van der Waals surface area contributed by atoms with E-state index in [1.807, 2.05) is 24.3 Å². The van der Waals surface area contributed by atoms with Crippen LogP contribution in [0.3, 0.4) is 0 Å². The molecule has 1 saturated carbocycles. The summed E-state index contributed by atoms with van der Waals surface area (Å²) in [6, 6.07) is 18.8. The number of hydrogen-bond acceptors (Lipinski definition) is 7. The van der Waals surface area contributed by atoms with E-state index in [2.05, 4.69) is 36.5 Å². The van der Waals surface area contributed by atoms with Crippen LogP contribution in [0.5, 0.6) is 5.75 Å². The van der Waals surface area contributed by atoms with Crippen molar-refractivity contribution < 1.29 is 27.5 Å². The fraction of sp³-hybridized carbons (Fsp3) is 0.270. The highest BCUT2D eigenvalue weighted by Gasteiger charge is 2.37. The van der Waals surface area contributed by atoms with Crippen molar-refractivity contribution in [1.29, 1.82) is 0 Å². The summed E-state index contributed by atoms with van der Waals surface area (Å²) in [7, 11) is 1.75. The zero-order valence-corrected chi connectivity index (χ0v) is 29.7. The van der Waals surface area contributed by atoms with Crippen LogP contribution in [0.15, 0.2) is 88.4 Å². The number of benzene rings is 3. The highest BCUT2D eigenvalue weighted by atomic mass is 79.9. The molecule has 5 aromatic rings. The van der Waals surface area contributed by atoms with E-state index >= 15 is 0 Å². The van der Waals surface area contributed by atoms with Gasteiger partial charge >= 0.3 is 11.9 Å². The molecule has 15 heteroatoms. The topological polar surface area (TPSA) is 123 Å². The third kappa shape index (κ3) is 6.92. The molecule has 7 rings (SSSR count). The van der Waals surface area contributed by atoms with E-state index in [1.165, 1.54) is 32.5 Å². The quantitative estimate of drug-likeness (QED) is 0.177. The van der Waals surface area contributed by atoms with Gasteiger partial charge in [-0.15, -0.1) is 0 Å². The first kappa shape index (κ1) is 35.0. The molecular weight excluding hydrogens is 743 g/mol. The number of carbonyl (C=O) groups excluding carboxylic acids is 2. The molecule has 1 atom stereocenters. The van der Waals surface area contributed by atoms with E-state index in [4.69, 9.17) is 4.74 Å². The van der Waals surface area contributed by atoms with Crippen LogP contribution in [-0.4, -0.2) is 55.0 Å². The Hall–Kier alpha value is -5.44. The number of carbonyl (C=O) groups is 2. The van der Waals surface area contributed by atoms with Crippen molar-refractivity contribution in [1.82, 2.24) is 29.3 Å². The van der Waals surface area contributed by atoms with Gasteiger partial charge in [0, 0.05) is 47.8 Å². The molecule has 2 amide bonds. The minimum Gasteiger partial charge on any atom is -0.490 e. The smallest absolute Gasteiger partial charge is 0.417 e. The summed E-state index contributed by atoms with van der Waals surface area (Å²) in [6.45, 7) is 1.60. The Bertz CT molecular complexity index is 2230. The monoisotopic (exact) mass is 775 g/mol. The Morgan fingerprint density at radius 2 is 1.77 bits per heavy atom. The lowest BCUT2D eigenvalue weighted by Gasteiger charge is -2.34. The number of aromatic nitrogens is 4. The minimum atomic E-state index is -4.69. The lowest BCUT2D eigenvalue weighted by atomic mass is 10.0. The van der Waals surface area contributed by atoms with E-state index in [0.29, 0.717) is 22.9 Å². The average molecular weight is 777 g/mol. The van der Waals surface area contributed by atoms with Crippen molar-refractivity contribution in [3.05, 3.63) is 122 Å². The molecule has 268 valence electrons. The number of imidazole rings is 1. The normalized spacial score (nSPS) is 15.6. The molecule has 0 spiro atoms. The molecule has 2 aromatic heterocycles. The number of ether oxygens (including phenoxy) is 1. The van der Waals surface area contributed by atoms with Crippen LogP contribution in [0.1, 0.15) is 57.4 Å². The van der Waals surface area contributed by atoms with Gasteiger partial charge in [-0.3, -0.25) is 18.7 Å². The lowest BCUT2D eigenvalue weighted by Crippen LogP contribution is -2.47. The average Bonchev–Trinajstić information content (AvgIpc) is 3.92. The second-order valence-electron chi connectivity index (χ2n) is 12.7. The van der Waals surface area contributed by atoms with Gasteiger partial charge in [-0.1, -0.05) is 40.2 Å². The number of rotatable bonds is 9. The first-order valence-electron chi connectivity index (χ1n) is 16.6. The van der Waals surface area contributed by atoms with E-state index in [1.54, 1.807) is 44.3 Å². The molecule has 0 radical (unpaired) electrons. The zero-order chi connectivity index (χ0) is 36.7. The zero-order valence-electron chi connectivity index (χ0n) is 28.1. The van der Waals surface area contributed by atoms with Crippen molar-refractivity contribution >= 4 is 33.6 Å². The summed E-state index contributed by atoms with van der Waals surface area (Å²) >= 11 is 2.93. The van der Waals surface area contributed by atoms with Crippen molar-refractivity contribution in [3.8, 4) is 22.7 Å². The predicted octanol–water partition coefficient (Wildman–Crippen LogP) is 6.43. The molecule has 3 aromatic carbocycles. The Morgan fingerprint density at radius 3 is 2.48 bits per heavy atom. The van der Waals surface area contributed by atoms with Crippen molar-refractivity contribution in [2.45, 2.75) is 57.7 Å². The number of alkyl halides is 3. The van der Waals surface area contributed by atoms with Gasteiger partial charge in [0.2, 0.25) is 0 Å². The van der Waals surface area contributed by atoms with Gasteiger partial charge in [-0.05, 0) is 67.8 Å². The second kappa shape index (κ2) is 13.9. The maximum absolute atomic E-state index is 14.3. The molecule has 2 aliphatic rings. The van der Waals surface area contributed by atoms with Crippen molar-refractivity contribution in [2.24, 2.45) is 0 Å². The number of fused-ring (bicyclic) bond motifs is 1. The van der Waals surface area contributed by atoms with Crippen LogP contribution >= 0.6 is 15.9 Å². The highest BCUT2D eigenvalue weighted by molar-refractivity contribution is 9.10. The molecular formula is C37H33BrF3N7O4. The van der Waals surface area contributed by atoms with E-state index in [-0.39, 0.29) is 47.2 Å². The van der Waals surface area contributed by atoms with Crippen molar-refractivity contribution in [3.63, 3.8) is 0 Å². The molecule has 2 N–H and O–H groups in total. The SMILES string of the molecule is CNc1cc(-c2ccccc2CNC(=O)c2c3n(c(=O)n2-c2ccc(OC4CC4)cc2)C[C@H](C)N(C(=O)c2ccc(Br)c(C(F)(F)F)c2)C3)ncn1. The van der Waals surface area contributed by atoms with Gasteiger partial charge in [0.25, 0.3) is 11.8 Å². The number of nitrogens with zero attached hydrogens (tertiary/aromatic N) is 5. The van der Waals surface area contributed by atoms with Crippen LogP contribution < -0.4 is 21.1 Å². The maximum atomic E-state index is 14.3. The van der Waals surface area contributed by atoms with Gasteiger partial charge in [-0.25, -0.2) is 14.8 Å². The summed E-state index contributed by atoms with van der Waals surface area (Å²) in [4.78, 5) is 52.2. The number of amides is 2. The highest BCUT2D eigenvalue weighted by Crippen LogP contribution is 2.36. The molecule has 11 nitrogen and oxygen atoms in total. The standard InChI is InChI=1S/C37H33BrF3N7O4/c1-21-18-47-31(19-46(21)35(50)22-7-14-29(38)28(15-22)37(39,40)41)33(48(36(47)51)24-8-10-25(11-9-24)52-26-12-13-26)34(49)43-17-23-5-3-4-6-27(23)30-16-32(42-2)45-20-44-30/h3-11,14-16,20-21,26H,12-13,17-19H2,1-2H3,(H,43,49)(H,42,44,45)/t21-/m0/s1.